The largest absolute Gasteiger partial charge is 0.376 e. The highest BCUT2D eigenvalue weighted by molar-refractivity contribution is 5.84. The van der Waals surface area contributed by atoms with Crippen molar-refractivity contribution in [2.75, 3.05) is 26.4 Å². The van der Waals surface area contributed by atoms with E-state index in [4.69, 9.17) is 9.47 Å². The van der Waals surface area contributed by atoms with Gasteiger partial charge >= 0.3 is 0 Å². The second-order valence-electron chi connectivity index (χ2n) is 5.23. The molecular formula is C16H20N2O3. The molecule has 1 aromatic carbocycles. The number of aromatic amines is 1. The summed E-state index contributed by atoms with van der Waals surface area (Å²) in [6.45, 7) is 2.33. The van der Waals surface area contributed by atoms with Crippen LogP contribution in [0, 0.1) is 0 Å². The minimum atomic E-state index is -0.0178. The quantitative estimate of drug-likeness (QED) is 0.879. The van der Waals surface area contributed by atoms with Crippen molar-refractivity contribution < 1.29 is 14.3 Å². The van der Waals surface area contributed by atoms with Crippen LogP contribution in [0.4, 0.5) is 0 Å². The van der Waals surface area contributed by atoms with Gasteiger partial charge in [-0.15, -0.1) is 0 Å². The standard InChI is InChI=1S/C16H20N2O3/c19-16(18-10-13-11-20-7-8-21-13)6-5-12-9-17-15-4-2-1-3-14(12)15/h1-4,9,13,17H,5-8,10-11H2,(H,18,19)/t13-/m0/s1. The molecule has 2 aromatic rings. The summed E-state index contributed by atoms with van der Waals surface area (Å²) in [5.74, 6) is 0.0504. The minimum Gasteiger partial charge on any atom is -0.376 e. The maximum Gasteiger partial charge on any atom is 0.220 e. The zero-order valence-corrected chi connectivity index (χ0v) is 11.9. The molecule has 1 fully saturated rings. The number of rotatable bonds is 5. The van der Waals surface area contributed by atoms with Gasteiger partial charge in [0.2, 0.25) is 5.91 Å². The number of hydrogen-bond acceptors (Lipinski definition) is 3. The number of carbonyl (C=O) groups is 1. The fourth-order valence-electron chi connectivity index (χ4n) is 2.56. The minimum absolute atomic E-state index is 0.0178. The van der Waals surface area contributed by atoms with Crippen LogP contribution in [-0.4, -0.2) is 43.4 Å². The molecule has 3 rings (SSSR count). The summed E-state index contributed by atoms with van der Waals surface area (Å²) in [5.41, 5.74) is 2.29. The Labute approximate surface area is 123 Å². The zero-order valence-electron chi connectivity index (χ0n) is 11.9. The van der Waals surface area contributed by atoms with Gasteiger partial charge in [-0.3, -0.25) is 4.79 Å². The lowest BCUT2D eigenvalue weighted by atomic mass is 10.1. The first kappa shape index (κ1) is 14.1. The van der Waals surface area contributed by atoms with E-state index in [1.54, 1.807) is 0 Å². The second-order valence-corrected chi connectivity index (χ2v) is 5.23. The Bertz CT molecular complexity index is 602. The van der Waals surface area contributed by atoms with Gasteiger partial charge in [0, 0.05) is 30.1 Å². The van der Waals surface area contributed by atoms with Crippen molar-refractivity contribution in [2.24, 2.45) is 0 Å². The van der Waals surface area contributed by atoms with E-state index in [1.807, 2.05) is 24.4 Å². The number of fused-ring (bicyclic) bond motifs is 1. The maximum atomic E-state index is 11.9. The fourth-order valence-corrected chi connectivity index (χ4v) is 2.56. The molecule has 2 N–H and O–H groups in total. The number of hydrogen-bond donors (Lipinski definition) is 2. The lowest BCUT2D eigenvalue weighted by molar-refractivity contribution is -0.123. The Morgan fingerprint density at radius 1 is 1.33 bits per heavy atom. The second kappa shape index (κ2) is 6.74. The molecule has 1 atom stereocenters. The highest BCUT2D eigenvalue weighted by Crippen LogP contribution is 2.18. The molecule has 5 heteroatoms. The highest BCUT2D eigenvalue weighted by Gasteiger charge is 2.15. The van der Waals surface area contributed by atoms with Gasteiger partial charge < -0.3 is 19.8 Å². The molecule has 1 aromatic heterocycles. The average Bonchev–Trinajstić information content (AvgIpc) is 2.95. The van der Waals surface area contributed by atoms with Crippen molar-refractivity contribution in [3.8, 4) is 0 Å². The van der Waals surface area contributed by atoms with Gasteiger partial charge in [-0.05, 0) is 18.1 Å². The van der Waals surface area contributed by atoms with Crippen LogP contribution in [0.5, 0.6) is 0 Å². The van der Waals surface area contributed by atoms with Crippen LogP contribution in [0.15, 0.2) is 30.5 Å². The Morgan fingerprint density at radius 2 is 2.24 bits per heavy atom. The molecule has 0 unspecified atom stereocenters. The van der Waals surface area contributed by atoms with Gasteiger partial charge in [-0.25, -0.2) is 0 Å². The maximum absolute atomic E-state index is 11.9. The summed E-state index contributed by atoms with van der Waals surface area (Å²) >= 11 is 0. The number of amides is 1. The first-order valence-corrected chi connectivity index (χ1v) is 7.34. The lowest BCUT2D eigenvalue weighted by Crippen LogP contribution is -2.39. The molecule has 1 amide bonds. The van der Waals surface area contributed by atoms with Gasteiger partial charge in [-0.2, -0.15) is 0 Å². The monoisotopic (exact) mass is 288 g/mol. The Kier molecular flexibility index (Phi) is 4.52. The van der Waals surface area contributed by atoms with Gasteiger partial charge in [0.25, 0.3) is 0 Å². The molecular weight excluding hydrogens is 268 g/mol. The molecule has 2 heterocycles. The number of para-hydroxylation sites is 1. The number of benzene rings is 1. The smallest absolute Gasteiger partial charge is 0.220 e. The van der Waals surface area contributed by atoms with E-state index in [0.29, 0.717) is 32.8 Å². The molecule has 0 saturated carbocycles. The van der Waals surface area contributed by atoms with E-state index in [-0.39, 0.29) is 12.0 Å². The summed E-state index contributed by atoms with van der Waals surface area (Å²) < 4.78 is 10.8. The number of carbonyl (C=O) groups excluding carboxylic acids is 1. The molecule has 1 saturated heterocycles. The van der Waals surface area contributed by atoms with Crippen molar-refractivity contribution >= 4 is 16.8 Å². The van der Waals surface area contributed by atoms with E-state index in [0.717, 1.165) is 11.9 Å². The summed E-state index contributed by atoms with van der Waals surface area (Å²) in [6.07, 6.45) is 3.18. The summed E-state index contributed by atoms with van der Waals surface area (Å²) in [4.78, 5) is 15.1. The van der Waals surface area contributed by atoms with Crippen LogP contribution in [0.3, 0.4) is 0 Å². The molecule has 1 aliphatic heterocycles. The Hall–Kier alpha value is -1.85. The fraction of sp³-hybridized carbons (Fsp3) is 0.438. The Balaban J connectivity index is 1.47. The third kappa shape index (κ3) is 3.62. The van der Waals surface area contributed by atoms with E-state index in [2.05, 4.69) is 16.4 Å². The first-order chi connectivity index (χ1) is 10.3. The topological polar surface area (TPSA) is 63.4 Å². The highest BCUT2D eigenvalue weighted by atomic mass is 16.6. The van der Waals surface area contributed by atoms with E-state index in [9.17, 15) is 4.79 Å². The van der Waals surface area contributed by atoms with Crippen LogP contribution in [0.25, 0.3) is 10.9 Å². The molecule has 0 spiro atoms. The van der Waals surface area contributed by atoms with Crippen molar-refractivity contribution in [3.63, 3.8) is 0 Å². The van der Waals surface area contributed by atoms with Crippen LogP contribution in [0.2, 0.25) is 0 Å². The predicted octanol–water partition coefficient (Wildman–Crippen LogP) is 1.63. The third-order valence-electron chi connectivity index (χ3n) is 3.71. The number of aryl methyl sites for hydroxylation is 1. The number of aromatic nitrogens is 1. The SMILES string of the molecule is O=C(CCc1c[nH]c2ccccc12)NC[C@H]1COCCO1. The number of H-pyrrole nitrogens is 1. The van der Waals surface area contributed by atoms with Crippen LogP contribution in [0.1, 0.15) is 12.0 Å². The van der Waals surface area contributed by atoms with Gasteiger partial charge in [0.05, 0.1) is 25.9 Å². The molecule has 21 heavy (non-hydrogen) atoms. The summed E-state index contributed by atoms with van der Waals surface area (Å²) in [7, 11) is 0. The van der Waals surface area contributed by atoms with E-state index >= 15 is 0 Å². The van der Waals surface area contributed by atoms with Crippen molar-refractivity contribution in [1.29, 1.82) is 0 Å². The first-order valence-electron chi connectivity index (χ1n) is 7.34. The van der Waals surface area contributed by atoms with Crippen LogP contribution < -0.4 is 5.32 Å². The third-order valence-corrected chi connectivity index (χ3v) is 3.71. The summed E-state index contributed by atoms with van der Waals surface area (Å²) in [6, 6.07) is 8.13. The summed E-state index contributed by atoms with van der Waals surface area (Å²) in [5, 5.41) is 4.10. The molecule has 0 radical (unpaired) electrons. The lowest BCUT2D eigenvalue weighted by Gasteiger charge is -2.23. The Morgan fingerprint density at radius 3 is 3.10 bits per heavy atom. The number of ether oxygens (including phenoxy) is 2. The van der Waals surface area contributed by atoms with Crippen LogP contribution in [-0.2, 0) is 20.7 Å². The van der Waals surface area contributed by atoms with Crippen molar-refractivity contribution in [1.82, 2.24) is 10.3 Å². The number of nitrogens with one attached hydrogen (secondary N) is 2. The molecule has 5 nitrogen and oxygen atoms in total. The molecule has 112 valence electrons. The van der Waals surface area contributed by atoms with Crippen molar-refractivity contribution in [2.45, 2.75) is 18.9 Å². The zero-order chi connectivity index (χ0) is 14.5. The van der Waals surface area contributed by atoms with Gasteiger partial charge in [0.1, 0.15) is 0 Å². The van der Waals surface area contributed by atoms with Crippen LogP contribution >= 0.6 is 0 Å². The molecule has 1 aliphatic rings. The van der Waals surface area contributed by atoms with E-state index in [1.165, 1.54) is 10.9 Å². The van der Waals surface area contributed by atoms with Gasteiger partial charge in [0.15, 0.2) is 0 Å². The van der Waals surface area contributed by atoms with E-state index < -0.39 is 0 Å². The average molecular weight is 288 g/mol. The molecule has 0 aliphatic carbocycles. The van der Waals surface area contributed by atoms with Gasteiger partial charge in [-0.1, -0.05) is 18.2 Å². The van der Waals surface area contributed by atoms with Crippen molar-refractivity contribution in [3.05, 3.63) is 36.0 Å². The molecule has 0 bridgehead atoms. The normalized spacial score (nSPS) is 18.8. The predicted molar refractivity (Wildman–Crippen MR) is 80.2 cm³/mol.